The largest absolute Gasteiger partial charge is 0.475 e. The Morgan fingerprint density at radius 1 is 1.26 bits per heavy atom. The molecule has 0 aromatic carbocycles. The van der Waals surface area contributed by atoms with Crippen LogP contribution in [-0.2, 0) is 17.7 Å². The number of halogens is 1. The third-order valence-electron chi connectivity index (χ3n) is 3.71. The molecule has 0 aliphatic rings. The second-order valence-corrected chi connectivity index (χ2v) is 7.41. The van der Waals surface area contributed by atoms with Crippen molar-refractivity contribution < 1.29 is 9.47 Å². The molecule has 2 aromatic heterocycles. The van der Waals surface area contributed by atoms with Gasteiger partial charge in [0.05, 0.1) is 6.61 Å². The first-order chi connectivity index (χ1) is 12.6. The van der Waals surface area contributed by atoms with Gasteiger partial charge >= 0.3 is 0 Å². The second kappa shape index (κ2) is 12.9. The normalized spacial score (nSPS) is 12.2. The molecule has 0 fully saturated rings. The van der Waals surface area contributed by atoms with E-state index in [1.165, 1.54) is 9.75 Å². The molecule has 27 heavy (non-hydrogen) atoms. The molecule has 150 valence electrons. The van der Waals surface area contributed by atoms with Gasteiger partial charge in [0.2, 0.25) is 5.88 Å². The molecule has 8 heteroatoms. The molecule has 2 aromatic rings. The van der Waals surface area contributed by atoms with Gasteiger partial charge in [-0.25, -0.2) is 4.98 Å². The van der Waals surface area contributed by atoms with Crippen LogP contribution < -0.4 is 15.4 Å². The zero-order chi connectivity index (χ0) is 18.8. The summed E-state index contributed by atoms with van der Waals surface area (Å²) in [5, 5.41) is 6.75. The summed E-state index contributed by atoms with van der Waals surface area (Å²) in [5.74, 6) is 1.39. The molecule has 2 rings (SSSR count). The number of hydrogen-bond donors (Lipinski definition) is 2. The number of ether oxygens (including phenoxy) is 2. The Kier molecular flexibility index (Phi) is 11.3. The van der Waals surface area contributed by atoms with Crippen molar-refractivity contribution in [2.75, 3.05) is 27.4 Å². The molecule has 0 saturated carbocycles. The van der Waals surface area contributed by atoms with Crippen molar-refractivity contribution in [3.63, 3.8) is 0 Å². The Labute approximate surface area is 182 Å². The smallest absolute Gasteiger partial charge is 0.213 e. The van der Waals surface area contributed by atoms with Gasteiger partial charge in [-0.05, 0) is 31.5 Å². The summed E-state index contributed by atoms with van der Waals surface area (Å²) in [6, 6.07) is 8.51. The minimum atomic E-state index is 0. The van der Waals surface area contributed by atoms with Crippen molar-refractivity contribution in [1.82, 2.24) is 15.6 Å². The number of pyridine rings is 1. The third kappa shape index (κ3) is 8.89. The highest BCUT2D eigenvalue weighted by atomic mass is 127. The lowest BCUT2D eigenvalue weighted by molar-refractivity contribution is 0.143. The van der Waals surface area contributed by atoms with Gasteiger partial charge in [-0.3, -0.25) is 4.99 Å². The minimum Gasteiger partial charge on any atom is -0.475 e. The minimum absolute atomic E-state index is 0. The van der Waals surface area contributed by atoms with Crippen molar-refractivity contribution in [1.29, 1.82) is 0 Å². The fourth-order valence-corrected chi connectivity index (χ4v) is 3.41. The lowest BCUT2D eigenvalue weighted by Crippen LogP contribution is -2.42. The Morgan fingerprint density at radius 3 is 2.67 bits per heavy atom. The number of aromatic nitrogens is 1. The number of aliphatic imine (C=N–C) groups is 1. The highest BCUT2D eigenvalue weighted by Crippen LogP contribution is 2.16. The van der Waals surface area contributed by atoms with Gasteiger partial charge in [-0.2, -0.15) is 0 Å². The van der Waals surface area contributed by atoms with Gasteiger partial charge in [-0.1, -0.05) is 6.07 Å². The van der Waals surface area contributed by atoms with Crippen LogP contribution in [0.15, 0.2) is 35.5 Å². The first-order valence-electron chi connectivity index (χ1n) is 8.70. The monoisotopic (exact) mass is 504 g/mol. The zero-order valence-electron chi connectivity index (χ0n) is 16.3. The van der Waals surface area contributed by atoms with E-state index in [9.17, 15) is 0 Å². The number of methoxy groups -OCH3 is 1. The fraction of sp³-hybridized carbons (Fsp3) is 0.474. The van der Waals surface area contributed by atoms with E-state index in [0.29, 0.717) is 31.7 Å². The number of rotatable bonds is 9. The summed E-state index contributed by atoms with van der Waals surface area (Å²) < 4.78 is 10.4. The number of nitrogens with one attached hydrogen (secondary N) is 2. The van der Waals surface area contributed by atoms with Gasteiger partial charge in [0.1, 0.15) is 6.61 Å². The molecule has 0 amide bonds. The zero-order valence-corrected chi connectivity index (χ0v) is 19.5. The molecule has 0 bridgehead atoms. The summed E-state index contributed by atoms with van der Waals surface area (Å²) in [6.07, 6.45) is 2.79. The van der Waals surface area contributed by atoms with Gasteiger partial charge in [0.15, 0.2) is 5.96 Å². The molecule has 2 heterocycles. The third-order valence-corrected chi connectivity index (χ3v) is 4.73. The fourth-order valence-electron chi connectivity index (χ4n) is 2.39. The van der Waals surface area contributed by atoms with E-state index in [1.807, 2.05) is 23.5 Å². The van der Waals surface area contributed by atoms with Gasteiger partial charge < -0.3 is 20.1 Å². The summed E-state index contributed by atoms with van der Waals surface area (Å²) >= 11 is 1.84. The van der Waals surface area contributed by atoms with Crippen molar-refractivity contribution in [2.45, 2.75) is 32.9 Å². The van der Waals surface area contributed by atoms with Crippen LogP contribution in [-0.4, -0.2) is 44.4 Å². The highest BCUT2D eigenvalue weighted by molar-refractivity contribution is 14.0. The number of hydrogen-bond acceptors (Lipinski definition) is 5. The van der Waals surface area contributed by atoms with Crippen LogP contribution in [0.2, 0.25) is 0 Å². The molecule has 1 unspecified atom stereocenters. The second-order valence-electron chi connectivity index (χ2n) is 6.03. The van der Waals surface area contributed by atoms with Crippen LogP contribution in [0.4, 0.5) is 0 Å². The van der Waals surface area contributed by atoms with E-state index in [2.05, 4.69) is 46.6 Å². The van der Waals surface area contributed by atoms with Crippen LogP contribution in [0.1, 0.15) is 22.2 Å². The number of guanidine groups is 1. The van der Waals surface area contributed by atoms with Crippen molar-refractivity contribution in [3.8, 4) is 5.88 Å². The summed E-state index contributed by atoms with van der Waals surface area (Å²) in [5.41, 5.74) is 1.06. The van der Waals surface area contributed by atoms with Crippen LogP contribution in [0.5, 0.6) is 5.88 Å². The van der Waals surface area contributed by atoms with Gasteiger partial charge in [0.25, 0.3) is 0 Å². The van der Waals surface area contributed by atoms with Gasteiger partial charge in [-0.15, -0.1) is 35.3 Å². The molecule has 0 saturated heterocycles. The summed E-state index contributed by atoms with van der Waals surface area (Å²) in [7, 11) is 3.43. The van der Waals surface area contributed by atoms with E-state index >= 15 is 0 Å². The van der Waals surface area contributed by atoms with E-state index in [-0.39, 0.29) is 24.0 Å². The molecule has 0 aliphatic heterocycles. The Morgan fingerprint density at radius 2 is 2.07 bits per heavy atom. The van der Waals surface area contributed by atoms with Crippen LogP contribution in [0.25, 0.3) is 0 Å². The van der Waals surface area contributed by atoms with Crippen LogP contribution in [0.3, 0.4) is 0 Å². The first kappa shape index (κ1) is 23.6. The van der Waals surface area contributed by atoms with Crippen molar-refractivity contribution >= 4 is 41.3 Å². The van der Waals surface area contributed by atoms with E-state index < -0.39 is 0 Å². The Hall–Kier alpha value is -1.39. The molecule has 0 aliphatic carbocycles. The number of aryl methyl sites for hydroxylation is 1. The maximum atomic E-state index is 5.47. The molecule has 2 N–H and O–H groups in total. The maximum absolute atomic E-state index is 5.47. The lowest BCUT2D eigenvalue weighted by Gasteiger charge is -2.17. The molecular weight excluding hydrogens is 475 g/mol. The summed E-state index contributed by atoms with van der Waals surface area (Å²) in [6.45, 7) is 6.00. The number of thiophene rings is 1. The van der Waals surface area contributed by atoms with E-state index in [1.54, 1.807) is 20.4 Å². The number of nitrogens with zero attached hydrogens (tertiary/aromatic N) is 2. The summed E-state index contributed by atoms with van der Waals surface area (Å²) in [4.78, 5) is 11.3. The lowest BCUT2D eigenvalue weighted by atomic mass is 10.2. The molecule has 0 radical (unpaired) electrons. The predicted octanol–water partition coefficient (Wildman–Crippen LogP) is 3.39. The average molecular weight is 504 g/mol. The Bertz CT molecular complexity index is 691. The standard InChI is InChI=1S/C19H28N4O2S.HI/c1-14(11-17-7-5-15(2)26-17)23-19(20-3)22-13-16-6-8-18(21-12-16)25-10-9-24-4;/h5-8,12,14H,9-11,13H2,1-4H3,(H2,20,22,23);1H. The maximum Gasteiger partial charge on any atom is 0.213 e. The van der Waals surface area contributed by atoms with E-state index in [4.69, 9.17) is 9.47 Å². The average Bonchev–Trinajstić information content (AvgIpc) is 3.04. The molecule has 6 nitrogen and oxygen atoms in total. The first-order valence-corrected chi connectivity index (χ1v) is 9.51. The van der Waals surface area contributed by atoms with E-state index in [0.717, 1.165) is 17.9 Å². The molecule has 0 spiro atoms. The Balaban J connectivity index is 0.00000364. The predicted molar refractivity (Wildman–Crippen MR) is 123 cm³/mol. The molecule has 1 atom stereocenters. The topological polar surface area (TPSA) is 67.8 Å². The van der Waals surface area contributed by atoms with Gasteiger partial charge in [0, 0.05) is 55.2 Å². The van der Waals surface area contributed by atoms with Crippen LogP contribution >= 0.6 is 35.3 Å². The van der Waals surface area contributed by atoms with Crippen molar-refractivity contribution in [2.24, 2.45) is 4.99 Å². The van der Waals surface area contributed by atoms with Crippen molar-refractivity contribution in [3.05, 3.63) is 45.8 Å². The quantitative estimate of drug-likeness (QED) is 0.237. The SMILES string of the molecule is CN=C(NCc1ccc(OCCOC)nc1)NC(C)Cc1ccc(C)s1.I. The molecular formula is C19H29IN4O2S. The highest BCUT2D eigenvalue weighted by Gasteiger charge is 2.08. The van der Waals surface area contributed by atoms with Crippen LogP contribution in [0, 0.1) is 6.92 Å².